The second-order valence-electron chi connectivity index (χ2n) is 1.90. The smallest absolute Gasteiger partial charge is 1.00 e. The van der Waals surface area contributed by atoms with Crippen molar-refractivity contribution >= 4 is 7.32 Å². The monoisotopic (exact) mass is 216 g/mol. The van der Waals surface area contributed by atoms with Gasteiger partial charge in [-0.2, -0.15) is 0 Å². The van der Waals surface area contributed by atoms with E-state index in [1.807, 2.05) is 0 Å². The second-order valence-corrected chi connectivity index (χ2v) is 1.90. The first kappa shape index (κ1) is 19.4. The van der Waals surface area contributed by atoms with E-state index in [4.69, 9.17) is 10.0 Å². The Labute approximate surface area is 104 Å². The topological polar surface area (TPSA) is 113 Å². The van der Waals surface area contributed by atoms with Gasteiger partial charge in [-0.05, 0) is 24.3 Å². The van der Waals surface area contributed by atoms with E-state index in [1.54, 1.807) is 0 Å². The third-order valence-corrected chi connectivity index (χ3v) is 1.06. The summed E-state index contributed by atoms with van der Waals surface area (Å²) < 4.78 is 16.7. The van der Waals surface area contributed by atoms with Gasteiger partial charge in [0, 0.05) is 0 Å². The molecule has 8 heteroatoms. The molecule has 0 fully saturated rings. The summed E-state index contributed by atoms with van der Waals surface area (Å²) in [5.41, 5.74) is 0. The van der Waals surface area contributed by atoms with Crippen molar-refractivity contribution in [1.29, 1.82) is 0 Å². The molecule has 0 aliphatic carbocycles. The van der Waals surface area contributed by atoms with Crippen molar-refractivity contribution in [3.63, 3.8) is 0 Å². The predicted octanol–water partition coefficient (Wildman–Crippen LogP) is -4.36. The van der Waals surface area contributed by atoms with Crippen molar-refractivity contribution in [1.82, 2.24) is 0 Å². The number of rotatable bonds is 2. The van der Waals surface area contributed by atoms with Gasteiger partial charge in [-0.25, -0.2) is 4.39 Å². The number of benzene rings is 1. The summed E-state index contributed by atoms with van der Waals surface area (Å²) in [4.78, 5) is 0. The van der Waals surface area contributed by atoms with Gasteiger partial charge >= 0.3 is 36.9 Å². The van der Waals surface area contributed by atoms with E-state index in [-0.39, 0.29) is 47.7 Å². The van der Waals surface area contributed by atoms with Crippen LogP contribution in [0.5, 0.6) is 5.75 Å². The van der Waals surface area contributed by atoms with Gasteiger partial charge in [-0.1, -0.05) is 0 Å². The van der Waals surface area contributed by atoms with Crippen LogP contribution in [0.15, 0.2) is 24.3 Å². The Morgan fingerprint density at radius 3 is 1.93 bits per heavy atom. The summed E-state index contributed by atoms with van der Waals surface area (Å²) in [6.45, 7) is 0. The van der Waals surface area contributed by atoms with E-state index in [0.717, 1.165) is 12.1 Å². The fourth-order valence-corrected chi connectivity index (χ4v) is 0.635. The zero-order valence-corrected chi connectivity index (χ0v) is 9.57. The van der Waals surface area contributed by atoms with Gasteiger partial charge in [0.05, 0.1) is 0 Å². The van der Waals surface area contributed by atoms with Crippen molar-refractivity contribution in [2.24, 2.45) is 0 Å². The van der Waals surface area contributed by atoms with Crippen LogP contribution in [0.25, 0.3) is 0 Å². The Kier molecular flexibility index (Phi) is 13.1. The zero-order valence-electron chi connectivity index (χ0n) is 8.57. The van der Waals surface area contributed by atoms with E-state index >= 15 is 0 Å². The Morgan fingerprint density at radius 1 is 1.14 bits per heavy atom. The number of halogens is 1. The van der Waals surface area contributed by atoms with E-state index in [0.29, 0.717) is 0 Å². The molecule has 14 heavy (non-hydrogen) atoms. The molecule has 0 saturated carbocycles. The number of hydrogen-bond acceptors (Lipinski definition) is 3. The first-order valence-corrected chi connectivity index (χ1v) is 2.97. The zero-order chi connectivity index (χ0) is 8.27. The van der Waals surface area contributed by atoms with Crippen LogP contribution in [-0.4, -0.2) is 28.3 Å². The largest absolute Gasteiger partial charge is 1.00 e. The molecule has 5 nitrogen and oxygen atoms in total. The molecule has 6 N–H and O–H groups in total. The van der Waals surface area contributed by atoms with E-state index in [2.05, 4.69) is 4.65 Å². The second kappa shape index (κ2) is 9.41. The summed E-state index contributed by atoms with van der Waals surface area (Å²) in [5, 5.41) is 16.6. The van der Waals surface area contributed by atoms with Crippen molar-refractivity contribution in [2.75, 3.05) is 0 Å². The van der Waals surface area contributed by atoms with Crippen molar-refractivity contribution < 1.29 is 61.0 Å². The van der Waals surface area contributed by atoms with Crippen LogP contribution in [0.4, 0.5) is 4.39 Å². The maximum Gasteiger partial charge on any atom is 1.00 e. The standard InChI is InChI=1S/C6H6BFO3.Na.2H2O.H/c8-5-1-3-6(4-2-5)11-7(9)10;;;;/h1-4,9-10H;;2*1H2;/q;+1;;;-1. The third kappa shape index (κ3) is 7.28. The summed E-state index contributed by atoms with van der Waals surface area (Å²) in [6.07, 6.45) is 0. The molecule has 0 spiro atoms. The van der Waals surface area contributed by atoms with Crippen LogP contribution in [0.3, 0.4) is 0 Å². The molecule has 1 aromatic rings. The maximum absolute atomic E-state index is 12.2. The van der Waals surface area contributed by atoms with Crippen LogP contribution in [0.2, 0.25) is 0 Å². The Bertz CT molecular complexity index is 237. The van der Waals surface area contributed by atoms with Gasteiger partial charge < -0.3 is 27.1 Å². The molecule has 0 aliphatic heterocycles. The van der Waals surface area contributed by atoms with Crippen molar-refractivity contribution in [3.05, 3.63) is 30.1 Å². The molecular weight excluding hydrogens is 205 g/mol. The van der Waals surface area contributed by atoms with E-state index in [9.17, 15) is 4.39 Å². The molecule has 0 radical (unpaired) electrons. The van der Waals surface area contributed by atoms with Crippen LogP contribution in [-0.2, 0) is 0 Å². The van der Waals surface area contributed by atoms with Crippen LogP contribution >= 0.6 is 0 Å². The minimum atomic E-state index is -1.86. The minimum absolute atomic E-state index is 0. The molecular formula is C6H11BFNaO5. The maximum atomic E-state index is 12.2. The van der Waals surface area contributed by atoms with Gasteiger partial charge in [0.2, 0.25) is 0 Å². The van der Waals surface area contributed by atoms with Crippen LogP contribution in [0.1, 0.15) is 1.43 Å². The van der Waals surface area contributed by atoms with Gasteiger partial charge in [-0.15, -0.1) is 0 Å². The molecule has 1 aromatic carbocycles. The average molecular weight is 216 g/mol. The fourth-order valence-electron chi connectivity index (χ4n) is 0.635. The molecule has 0 atom stereocenters. The molecule has 76 valence electrons. The number of hydrogen-bond donors (Lipinski definition) is 2. The molecule has 0 aliphatic rings. The SMILES string of the molecule is O.O.OB(O)Oc1ccc(F)cc1.[H-].[Na+]. The fraction of sp³-hybridized carbons (Fsp3) is 0. The minimum Gasteiger partial charge on any atom is -1.00 e. The first-order valence-electron chi connectivity index (χ1n) is 2.97. The Balaban J connectivity index is -0.000000151. The van der Waals surface area contributed by atoms with Gasteiger partial charge in [0.25, 0.3) is 0 Å². The normalized spacial score (nSPS) is 7.36. The first-order chi connectivity index (χ1) is 5.18. The van der Waals surface area contributed by atoms with Crippen molar-refractivity contribution in [3.8, 4) is 5.75 Å². The predicted molar refractivity (Wildman–Crippen MR) is 45.6 cm³/mol. The summed E-state index contributed by atoms with van der Waals surface area (Å²) >= 11 is 0. The Hall–Kier alpha value is -0.145. The van der Waals surface area contributed by atoms with Gasteiger partial charge in [0.1, 0.15) is 11.6 Å². The van der Waals surface area contributed by atoms with Gasteiger partial charge in [-0.3, -0.25) is 0 Å². The molecule has 0 unspecified atom stereocenters. The molecule has 0 heterocycles. The van der Waals surface area contributed by atoms with Crippen molar-refractivity contribution in [2.45, 2.75) is 0 Å². The quantitative estimate of drug-likeness (QED) is 0.487. The third-order valence-electron chi connectivity index (χ3n) is 1.06. The molecule has 0 saturated heterocycles. The van der Waals surface area contributed by atoms with E-state index < -0.39 is 13.1 Å². The summed E-state index contributed by atoms with van der Waals surface area (Å²) in [5.74, 6) is -0.189. The molecule has 0 bridgehead atoms. The molecule has 1 rings (SSSR count). The van der Waals surface area contributed by atoms with E-state index in [1.165, 1.54) is 12.1 Å². The van der Waals surface area contributed by atoms with Gasteiger partial charge in [0.15, 0.2) is 0 Å². The summed E-state index contributed by atoms with van der Waals surface area (Å²) in [6, 6.07) is 4.93. The molecule has 0 aromatic heterocycles. The van der Waals surface area contributed by atoms with Crippen LogP contribution < -0.4 is 34.2 Å². The van der Waals surface area contributed by atoms with Crippen LogP contribution in [0, 0.1) is 5.82 Å². The molecule has 0 amide bonds. The average Bonchev–Trinajstić information content (AvgIpc) is 1.93. The summed E-state index contributed by atoms with van der Waals surface area (Å²) in [7, 11) is -1.86. The Morgan fingerprint density at radius 2 is 1.57 bits per heavy atom.